The third-order valence-corrected chi connectivity index (χ3v) is 2.86. The highest BCUT2D eigenvalue weighted by atomic mass is 19.1. The van der Waals surface area contributed by atoms with Crippen LogP contribution in [0.5, 0.6) is 0 Å². The second-order valence-electron chi connectivity index (χ2n) is 4.17. The lowest BCUT2D eigenvalue weighted by atomic mass is 10.2. The van der Waals surface area contributed by atoms with Crippen LogP contribution in [0.2, 0.25) is 0 Å². The van der Waals surface area contributed by atoms with E-state index < -0.39 is 0 Å². The molecule has 18 heavy (non-hydrogen) atoms. The van der Waals surface area contributed by atoms with Gasteiger partial charge in [0.15, 0.2) is 0 Å². The number of hydrogen-bond donors (Lipinski definition) is 0. The maximum Gasteiger partial charge on any atom is 0.125 e. The van der Waals surface area contributed by atoms with Crippen molar-refractivity contribution in [2.24, 2.45) is 0 Å². The fourth-order valence-corrected chi connectivity index (χ4v) is 1.93. The Kier molecular flexibility index (Phi) is 4.73. The van der Waals surface area contributed by atoms with E-state index in [1.165, 1.54) is 6.07 Å². The number of nitrogens with zero attached hydrogens (tertiary/aromatic N) is 1. The minimum Gasteiger partial charge on any atom is -0.382 e. The molecule has 2 aromatic rings. The molecule has 0 aliphatic carbocycles. The molecule has 0 N–H and O–H groups in total. The van der Waals surface area contributed by atoms with Crippen molar-refractivity contribution in [1.29, 1.82) is 0 Å². The maximum atomic E-state index is 13.2. The Hall–Kier alpha value is -1.39. The highest BCUT2D eigenvalue weighted by Crippen LogP contribution is 2.17. The molecule has 0 radical (unpaired) electrons. The van der Waals surface area contributed by atoms with Crippen LogP contribution in [0.4, 0.5) is 4.39 Å². The summed E-state index contributed by atoms with van der Waals surface area (Å²) in [5, 5.41) is 1.07. The summed E-state index contributed by atoms with van der Waals surface area (Å²) < 4.78 is 25.5. The Labute approximate surface area is 106 Å². The fraction of sp³-hybridized carbons (Fsp3) is 0.429. The summed E-state index contributed by atoms with van der Waals surface area (Å²) in [5.74, 6) is -0.196. The van der Waals surface area contributed by atoms with E-state index in [0.29, 0.717) is 19.8 Å². The second-order valence-corrected chi connectivity index (χ2v) is 4.17. The summed E-state index contributed by atoms with van der Waals surface area (Å²) in [6.45, 7) is 2.77. The zero-order valence-corrected chi connectivity index (χ0v) is 10.6. The van der Waals surface area contributed by atoms with Crippen molar-refractivity contribution in [3.63, 3.8) is 0 Å². The van der Waals surface area contributed by atoms with Gasteiger partial charge in [-0.1, -0.05) is 0 Å². The molecule has 0 aliphatic heterocycles. The number of fused-ring (bicyclic) bond motifs is 1. The van der Waals surface area contributed by atoms with Crippen LogP contribution >= 0.6 is 0 Å². The number of aryl methyl sites for hydroxylation is 1. The Balaban J connectivity index is 1.86. The summed E-state index contributed by atoms with van der Waals surface area (Å²) in [4.78, 5) is 0. The number of hydrogen-bond acceptors (Lipinski definition) is 2. The molecule has 0 fully saturated rings. The van der Waals surface area contributed by atoms with Crippen molar-refractivity contribution in [3.8, 4) is 0 Å². The molecule has 0 amide bonds. The van der Waals surface area contributed by atoms with Gasteiger partial charge in [-0.3, -0.25) is 0 Å². The van der Waals surface area contributed by atoms with Crippen LogP contribution in [0.15, 0.2) is 30.5 Å². The van der Waals surface area contributed by atoms with Crippen molar-refractivity contribution in [2.75, 3.05) is 26.9 Å². The predicted octanol–water partition coefficient (Wildman–Crippen LogP) is 2.83. The molecule has 3 nitrogen and oxygen atoms in total. The largest absolute Gasteiger partial charge is 0.382 e. The number of aromatic nitrogens is 1. The molecule has 1 aromatic carbocycles. The molecule has 0 unspecified atom stereocenters. The van der Waals surface area contributed by atoms with Crippen molar-refractivity contribution in [2.45, 2.75) is 13.0 Å². The highest BCUT2D eigenvalue weighted by Gasteiger charge is 2.02. The van der Waals surface area contributed by atoms with E-state index in [4.69, 9.17) is 9.47 Å². The number of methoxy groups -OCH3 is 1. The molecule has 0 saturated heterocycles. The van der Waals surface area contributed by atoms with E-state index in [-0.39, 0.29) is 5.82 Å². The van der Waals surface area contributed by atoms with Gasteiger partial charge in [-0.25, -0.2) is 4.39 Å². The normalized spacial score (nSPS) is 11.2. The SMILES string of the molecule is COCCOCCCn1ccc2ccc(F)cc21. The van der Waals surface area contributed by atoms with E-state index in [2.05, 4.69) is 4.57 Å². The van der Waals surface area contributed by atoms with Crippen molar-refractivity contribution in [1.82, 2.24) is 4.57 Å². The van der Waals surface area contributed by atoms with Gasteiger partial charge in [0.2, 0.25) is 0 Å². The molecule has 1 aromatic heterocycles. The van der Waals surface area contributed by atoms with Crippen LogP contribution in [0.1, 0.15) is 6.42 Å². The van der Waals surface area contributed by atoms with Gasteiger partial charge in [-0.05, 0) is 36.1 Å². The minimum absolute atomic E-state index is 0.196. The van der Waals surface area contributed by atoms with Crippen LogP contribution in [-0.4, -0.2) is 31.5 Å². The van der Waals surface area contributed by atoms with Gasteiger partial charge in [0.05, 0.1) is 18.7 Å². The predicted molar refractivity (Wildman–Crippen MR) is 69.2 cm³/mol. The van der Waals surface area contributed by atoms with Crippen LogP contribution in [0.3, 0.4) is 0 Å². The third-order valence-electron chi connectivity index (χ3n) is 2.86. The molecule has 98 valence electrons. The number of benzene rings is 1. The molecule has 0 spiro atoms. The summed E-state index contributed by atoms with van der Waals surface area (Å²) in [7, 11) is 1.66. The second kappa shape index (κ2) is 6.52. The molecular formula is C14H18FNO2. The van der Waals surface area contributed by atoms with Crippen LogP contribution < -0.4 is 0 Å². The van der Waals surface area contributed by atoms with Crippen LogP contribution in [0.25, 0.3) is 10.9 Å². The molecule has 0 bridgehead atoms. The fourth-order valence-electron chi connectivity index (χ4n) is 1.93. The van der Waals surface area contributed by atoms with Crippen LogP contribution in [0, 0.1) is 5.82 Å². The third kappa shape index (κ3) is 3.31. The lowest BCUT2D eigenvalue weighted by molar-refractivity contribution is 0.0681. The summed E-state index contributed by atoms with van der Waals surface area (Å²) in [5.41, 5.74) is 0.937. The molecule has 4 heteroatoms. The van der Waals surface area contributed by atoms with E-state index in [9.17, 15) is 4.39 Å². The maximum absolute atomic E-state index is 13.2. The lowest BCUT2D eigenvalue weighted by Crippen LogP contribution is -2.05. The van der Waals surface area contributed by atoms with Crippen molar-refractivity contribution < 1.29 is 13.9 Å². The smallest absolute Gasteiger partial charge is 0.125 e. The summed E-state index contributed by atoms with van der Waals surface area (Å²) in [6, 6.07) is 6.86. The first kappa shape index (κ1) is 13.1. The van der Waals surface area contributed by atoms with Gasteiger partial charge >= 0.3 is 0 Å². The molecule has 2 rings (SSSR count). The zero-order chi connectivity index (χ0) is 12.8. The van der Waals surface area contributed by atoms with Gasteiger partial charge < -0.3 is 14.0 Å². The number of halogens is 1. The number of rotatable bonds is 7. The first-order chi connectivity index (χ1) is 8.81. The van der Waals surface area contributed by atoms with E-state index in [1.807, 2.05) is 12.3 Å². The number of ether oxygens (including phenoxy) is 2. The quantitative estimate of drug-likeness (QED) is 0.706. The summed E-state index contributed by atoms with van der Waals surface area (Å²) >= 11 is 0. The highest BCUT2D eigenvalue weighted by molar-refractivity contribution is 5.80. The standard InChI is InChI=1S/C14H18FNO2/c1-17-9-10-18-8-2-6-16-7-5-12-3-4-13(15)11-14(12)16/h3-5,7,11H,2,6,8-10H2,1H3. The zero-order valence-electron chi connectivity index (χ0n) is 10.6. The Morgan fingerprint density at radius 3 is 2.89 bits per heavy atom. The average molecular weight is 251 g/mol. The Morgan fingerprint density at radius 2 is 2.06 bits per heavy atom. The monoisotopic (exact) mass is 251 g/mol. The van der Waals surface area contributed by atoms with E-state index in [0.717, 1.165) is 23.9 Å². The van der Waals surface area contributed by atoms with Gasteiger partial charge in [-0.15, -0.1) is 0 Å². The first-order valence-corrected chi connectivity index (χ1v) is 6.12. The topological polar surface area (TPSA) is 23.4 Å². The summed E-state index contributed by atoms with van der Waals surface area (Å²) in [6.07, 6.45) is 2.89. The molecular weight excluding hydrogens is 233 g/mol. The van der Waals surface area contributed by atoms with Crippen molar-refractivity contribution in [3.05, 3.63) is 36.3 Å². The molecule has 0 aliphatic rings. The Bertz CT molecular complexity index is 495. The average Bonchev–Trinajstić information content (AvgIpc) is 2.76. The van der Waals surface area contributed by atoms with Crippen molar-refractivity contribution >= 4 is 10.9 Å². The van der Waals surface area contributed by atoms with Gasteiger partial charge in [0.1, 0.15) is 5.82 Å². The van der Waals surface area contributed by atoms with Gasteiger partial charge in [0.25, 0.3) is 0 Å². The minimum atomic E-state index is -0.196. The first-order valence-electron chi connectivity index (χ1n) is 6.12. The Morgan fingerprint density at radius 1 is 1.17 bits per heavy atom. The van der Waals surface area contributed by atoms with Gasteiger partial charge in [-0.2, -0.15) is 0 Å². The van der Waals surface area contributed by atoms with Crippen LogP contribution in [-0.2, 0) is 16.0 Å². The van der Waals surface area contributed by atoms with E-state index >= 15 is 0 Å². The molecule has 0 saturated carbocycles. The van der Waals surface area contributed by atoms with E-state index in [1.54, 1.807) is 19.2 Å². The lowest BCUT2D eigenvalue weighted by Gasteiger charge is -2.06. The molecule has 1 heterocycles. The van der Waals surface area contributed by atoms with Gasteiger partial charge in [0, 0.05) is 26.5 Å². The molecule has 0 atom stereocenters.